The Morgan fingerprint density at radius 2 is 1.89 bits per heavy atom. The zero-order valence-corrected chi connectivity index (χ0v) is 12.5. The highest BCUT2D eigenvalue weighted by molar-refractivity contribution is 9.10. The molecule has 1 nitrogen and oxygen atoms in total. The van der Waals surface area contributed by atoms with Crippen LogP contribution in [0.1, 0.15) is 35.1 Å². The van der Waals surface area contributed by atoms with Crippen LogP contribution in [0.25, 0.3) is 0 Å². The van der Waals surface area contributed by atoms with Crippen LogP contribution < -0.4 is 0 Å². The number of hydrogen-bond acceptors (Lipinski definition) is 1. The minimum absolute atomic E-state index is 0.348. The number of benzene rings is 2. The van der Waals surface area contributed by atoms with Gasteiger partial charge >= 0.3 is 0 Å². The van der Waals surface area contributed by atoms with E-state index in [0.29, 0.717) is 11.8 Å². The molecule has 0 radical (unpaired) electrons. The molecule has 0 aromatic heterocycles. The van der Waals surface area contributed by atoms with Gasteiger partial charge in [0.05, 0.1) is 6.10 Å². The lowest BCUT2D eigenvalue weighted by molar-refractivity contribution is 0.150. The first-order valence-corrected chi connectivity index (χ1v) is 7.45. The lowest BCUT2D eigenvalue weighted by atomic mass is 10.00. The molecule has 1 aliphatic carbocycles. The number of halogens is 1. The first-order valence-electron chi connectivity index (χ1n) is 6.66. The Morgan fingerprint density at radius 1 is 1.16 bits per heavy atom. The molecular formula is C17H17BrO. The summed E-state index contributed by atoms with van der Waals surface area (Å²) in [7, 11) is 0. The average Bonchev–Trinajstić information content (AvgIpc) is 3.22. The lowest BCUT2D eigenvalue weighted by Crippen LogP contribution is -2.03. The summed E-state index contributed by atoms with van der Waals surface area (Å²) in [6.45, 7) is 2.06. The SMILES string of the molecule is Cc1ccc(Br)c(C(O)C2CC2c2ccccc2)c1. The summed E-state index contributed by atoms with van der Waals surface area (Å²) in [6, 6.07) is 16.6. The quantitative estimate of drug-likeness (QED) is 0.877. The molecule has 2 aromatic carbocycles. The summed E-state index contributed by atoms with van der Waals surface area (Å²) in [5, 5.41) is 10.6. The Bertz CT molecular complexity index is 579. The van der Waals surface area contributed by atoms with Gasteiger partial charge in [0.2, 0.25) is 0 Å². The Balaban J connectivity index is 1.80. The van der Waals surface area contributed by atoms with Crippen LogP contribution in [0.3, 0.4) is 0 Å². The molecule has 3 atom stereocenters. The molecule has 2 heteroatoms. The maximum Gasteiger partial charge on any atom is 0.0835 e. The molecule has 0 heterocycles. The maximum atomic E-state index is 10.6. The monoisotopic (exact) mass is 316 g/mol. The maximum absolute atomic E-state index is 10.6. The van der Waals surface area contributed by atoms with Crippen LogP contribution in [0.4, 0.5) is 0 Å². The molecule has 1 saturated carbocycles. The van der Waals surface area contributed by atoms with E-state index in [2.05, 4.69) is 59.3 Å². The van der Waals surface area contributed by atoms with Crippen molar-refractivity contribution in [1.29, 1.82) is 0 Å². The van der Waals surface area contributed by atoms with Crippen LogP contribution in [-0.2, 0) is 0 Å². The normalized spacial score (nSPS) is 23.1. The molecule has 3 unspecified atom stereocenters. The van der Waals surface area contributed by atoms with E-state index < -0.39 is 0 Å². The minimum Gasteiger partial charge on any atom is -0.388 e. The molecule has 19 heavy (non-hydrogen) atoms. The van der Waals surface area contributed by atoms with Gasteiger partial charge in [0.15, 0.2) is 0 Å². The van der Waals surface area contributed by atoms with Crippen molar-refractivity contribution in [1.82, 2.24) is 0 Å². The van der Waals surface area contributed by atoms with E-state index in [0.717, 1.165) is 16.5 Å². The Labute approximate surface area is 122 Å². The van der Waals surface area contributed by atoms with Gasteiger partial charge in [-0.1, -0.05) is 64.0 Å². The summed E-state index contributed by atoms with van der Waals surface area (Å²) in [5.41, 5.74) is 3.55. The highest BCUT2D eigenvalue weighted by Crippen LogP contribution is 2.54. The molecule has 1 N–H and O–H groups in total. The Kier molecular flexibility index (Phi) is 3.46. The van der Waals surface area contributed by atoms with Crippen molar-refractivity contribution < 1.29 is 5.11 Å². The van der Waals surface area contributed by atoms with Gasteiger partial charge < -0.3 is 5.11 Å². The van der Waals surface area contributed by atoms with Crippen molar-refractivity contribution in [3.8, 4) is 0 Å². The Morgan fingerprint density at radius 3 is 2.63 bits per heavy atom. The van der Waals surface area contributed by atoms with E-state index in [1.165, 1.54) is 11.1 Å². The fourth-order valence-corrected chi connectivity index (χ4v) is 3.25. The molecule has 2 aromatic rings. The fourth-order valence-electron chi connectivity index (χ4n) is 2.77. The molecule has 1 aliphatic rings. The standard InChI is InChI=1S/C17H17BrO/c1-11-7-8-16(18)15(9-11)17(19)14-10-13(14)12-5-3-2-4-6-12/h2-9,13-14,17,19H,10H2,1H3. The minimum atomic E-state index is -0.375. The summed E-state index contributed by atoms with van der Waals surface area (Å²) in [6.07, 6.45) is 0.699. The topological polar surface area (TPSA) is 20.2 Å². The van der Waals surface area contributed by atoms with Gasteiger partial charge in [0.1, 0.15) is 0 Å². The van der Waals surface area contributed by atoms with Crippen molar-refractivity contribution in [2.75, 3.05) is 0 Å². The molecule has 3 rings (SSSR count). The van der Waals surface area contributed by atoms with Gasteiger partial charge in [0, 0.05) is 4.47 Å². The Hall–Kier alpha value is -1.12. The van der Waals surface area contributed by atoms with Crippen LogP contribution in [-0.4, -0.2) is 5.11 Å². The molecule has 0 bridgehead atoms. The van der Waals surface area contributed by atoms with Gasteiger partial charge in [-0.15, -0.1) is 0 Å². The first kappa shape index (κ1) is 12.9. The predicted molar refractivity (Wildman–Crippen MR) is 81.1 cm³/mol. The van der Waals surface area contributed by atoms with Crippen molar-refractivity contribution >= 4 is 15.9 Å². The van der Waals surface area contributed by atoms with Crippen LogP contribution in [0, 0.1) is 12.8 Å². The number of aryl methyl sites for hydroxylation is 1. The zero-order valence-electron chi connectivity index (χ0n) is 10.9. The lowest BCUT2D eigenvalue weighted by Gasteiger charge is -2.14. The van der Waals surface area contributed by atoms with Gasteiger partial charge in [-0.25, -0.2) is 0 Å². The smallest absolute Gasteiger partial charge is 0.0835 e. The number of hydrogen-bond donors (Lipinski definition) is 1. The molecule has 0 amide bonds. The highest BCUT2D eigenvalue weighted by atomic mass is 79.9. The summed E-state index contributed by atoms with van der Waals surface area (Å²) < 4.78 is 1.00. The second-order valence-electron chi connectivity index (χ2n) is 5.39. The third-order valence-corrected chi connectivity index (χ3v) is 4.67. The van der Waals surface area contributed by atoms with Gasteiger partial charge in [-0.2, -0.15) is 0 Å². The highest BCUT2D eigenvalue weighted by Gasteiger charge is 2.44. The van der Waals surface area contributed by atoms with Gasteiger partial charge in [-0.05, 0) is 42.4 Å². The summed E-state index contributed by atoms with van der Waals surface area (Å²) in [4.78, 5) is 0. The van der Waals surface area contributed by atoms with E-state index in [1.807, 2.05) is 12.1 Å². The average molecular weight is 317 g/mol. The van der Waals surface area contributed by atoms with Crippen molar-refractivity contribution in [3.63, 3.8) is 0 Å². The van der Waals surface area contributed by atoms with E-state index in [9.17, 15) is 5.11 Å². The molecular weight excluding hydrogens is 300 g/mol. The summed E-state index contributed by atoms with van der Waals surface area (Å²) >= 11 is 3.54. The largest absolute Gasteiger partial charge is 0.388 e. The third-order valence-electron chi connectivity index (χ3n) is 3.94. The molecule has 0 saturated heterocycles. The van der Waals surface area contributed by atoms with Crippen LogP contribution in [0.5, 0.6) is 0 Å². The van der Waals surface area contributed by atoms with Crippen molar-refractivity contribution in [2.24, 2.45) is 5.92 Å². The van der Waals surface area contributed by atoms with Gasteiger partial charge in [0.25, 0.3) is 0 Å². The number of aliphatic hydroxyl groups is 1. The van der Waals surface area contributed by atoms with Crippen LogP contribution in [0.2, 0.25) is 0 Å². The van der Waals surface area contributed by atoms with E-state index in [4.69, 9.17) is 0 Å². The van der Waals surface area contributed by atoms with Crippen LogP contribution >= 0.6 is 15.9 Å². The molecule has 0 aliphatic heterocycles. The molecule has 1 fully saturated rings. The van der Waals surface area contributed by atoms with E-state index in [-0.39, 0.29) is 6.10 Å². The van der Waals surface area contributed by atoms with Gasteiger partial charge in [-0.3, -0.25) is 0 Å². The second-order valence-corrected chi connectivity index (χ2v) is 6.24. The fraction of sp³-hybridized carbons (Fsp3) is 0.294. The predicted octanol–water partition coefficient (Wildman–Crippen LogP) is 4.59. The van der Waals surface area contributed by atoms with Crippen LogP contribution in [0.15, 0.2) is 53.0 Å². The van der Waals surface area contributed by atoms with E-state index >= 15 is 0 Å². The van der Waals surface area contributed by atoms with Crippen molar-refractivity contribution in [3.05, 3.63) is 69.7 Å². The van der Waals surface area contributed by atoms with E-state index in [1.54, 1.807) is 0 Å². The molecule has 0 spiro atoms. The summed E-state index contributed by atoms with van der Waals surface area (Å²) in [5.74, 6) is 0.851. The van der Waals surface area contributed by atoms with Crippen molar-refractivity contribution in [2.45, 2.75) is 25.4 Å². The zero-order chi connectivity index (χ0) is 13.4. The second kappa shape index (κ2) is 5.10. The number of aliphatic hydroxyl groups excluding tert-OH is 1. The molecule has 98 valence electrons. The first-order chi connectivity index (χ1) is 9.16. The number of rotatable bonds is 3. The third kappa shape index (κ3) is 2.60.